The molecule has 0 saturated carbocycles. The molecule has 9 heteroatoms. The lowest BCUT2D eigenvalue weighted by molar-refractivity contribution is -0.393. The summed E-state index contributed by atoms with van der Waals surface area (Å²) in [6.45, 7) is 1.68. The highest BCUT2D eigenvalue weighted by molar-refractivity contribution is 5.96. The van der Waals surface area contributed by atoms with E-state index < -0.39 is 15.5 Å². The molecule has 0 aliphatic heterocycles. The number of nitro benzene ring substituents is 2. The lowest BCUT2D eigenvalue weighted by Crippen LogP contribution is -2.00. The summed E-state index contributed by atoms with van der Waals surface area (Å²) in [5.74, 6) is 0.640. The summed E-state index contributed by atoms with van der Waals surface area (Å²) >= 11 is 0. The van der Waals surface area contributed by atoms with Crippen molar-refractivity contribution in [3.8, 4) is 0 Å². The van der Waals surface area contributed by atoms with Crippen LogP contribution in [0.25, 0.3) is 6.08 Å². The van der Waals surface area contributed by atoms with Crippen LogP contribution in [0.5, 0.6) is 0 Å². The second-order valence-electron chi connectivity index (χ2n) is 4.43. The van der Waals surface area contributed by atoms with Crippen molar-refractivity contribution in [1.82, 2.24) is 0 Å². The first-order chi connectivity index (χ1) is 11.0. The first-order valence-electron chi connectivity index (χ1n) is 6.42. The lowest BCUT2D eigenvalue weighted by atomic mass is 10.2. The average Bonchev–Trinajstić information content (AvgIpc) is 3.03. The van der Waals surface area contributed by atoms with Gasteiger partial charge in [-0.05, 0) is 37.3 Å². The number of benzene rings is 1. The van der Waals surface area contributed by atoms with Gasteiger partial charge in [-0.15, -0.1) is 0 Å². The van der Waals surface area contributed by atoms with Gasteiger partial charge in [0.05, 0.1) is 27.9 Å². The monoisotopic (exact) mass is 316 g/mol. The number of hydrazone groups is 1. The largest absolute Gasteiger partial charge is 0.465 e. The summed E-state index contributed by atoms with van der Waals surface area (Å²) in [5.41, 5.74) is 2.34. The molecule has 0 spiro atoms. The summed E-state index contributed by atoms with van der Waals surface area (Å²) in [5, 5.41) is 25.6. The van der Waals surface area contributed by atoms with E-state index in [9.17, 15) is 20.2 Å². The predicted molar refractivity (Wildman–Crippen MR) is 84.2 cm³/mol. The first-order valence-corrected chi connectivity index (χ1v) is 6.42. The Labute approximate surface area is 130 Å². The fraction of sp³-hybridized carbons (Fsp3) is 0.0714. The second-order valence-corrected chi connectivity index (χ2v) is 4.43. The van der Waals surface area contributed by atoms with Crippen molar-refractivity contribution in [3.05, 3.63) is 68.7 Å². The van der Waals surface area contributed by atoms with Crippen molar-refractivity contribution >= 4 is 28.8 Å². The molecule has 118 valence electrons. The molecule has 23 heavy (non-hydrogen) atoms. The average molecular weight is 316 g/mol. The summed E-state index contributed by atoms with van der Waals surface area (Å²) in [6.07, 6.45) is 4.87. The number of hydrogen-bond donors (Lipinski definition) is 1. The molecule has 0 aliphatic rings. The molecule has 1 aromatic heterocycles. The van der Waals surface area contributed by atoms with Crippen molar-refractivity contribution < 1.29 is 14.3 Å². The van der Waals surface area contributed by atoms with E-state index in [2.05, 4.69) is 10.5 Å². The van der Waals surface area contributed by atoms with E-state index >= 15 is 0 Å². The highest BCUT2D eigenvalue weighted by Gasteiger charge is 2.19. The van der Waals surface area contributed by atoms with Crippen LogP contribution in [-0.4, -0.2) is 15.6 Å². The van der Waals surface area contributed by atoms with E-state index in [4.69, 9.17) is 4.42 Å². The number of hydrogen-bond acceptors (Lipinski definition) is 7. The van der Waals surface area contributed by atoms with Crippen LogP contribution in [0, 0.1) is 20.2 Å². The zero-order chi connectivity index (χ0) is 16.8. The van der Waals surface area contributed by atoms with E-state index in [0.717, 1.165) is 6.07 Å². The second kappa shape index (κ2) is 6.98. The molecule has 0 unspecified atom stereocenters. The maximum absolute atomic E-state index is 11.0. The number of anilines is 1. The van der Waals surface area contributed by atoms with Crippen LogP contribution < -0.4 is 5.43 Å². The van der Waals surface area contributed by atoms with Crippen molar-refractivity contribution in [1.29, 1.82) is 0 Å². The van der Waals surface area contributed by atoms with Gasteiger partial charge in [0.25, 0.3) is 5.69 Å². The molecule has 0 bridgehead atoms. The fourth-order valence-electron chi connectivity index (χ4n) is 1.65. The van der Waals surface area contributed by atoms with E-state index in [0.29, 0.717) is 11.5 Å². The first kappa shape index (κ1) is 15.9. The van der Waals surface area contributed by atoms with E-state index in [1.165, 1.54) is 18.4 Å². The van der Waals surface area contributed by atoms with Gasteiger partial charge in [0, 0.05) is 6.07 Å². The third-order valence-corrected chi connectivity index (χ3v) is 2.77. The summed E-state index contributed by atoms with van der Waals surface area (Å²) < 4.78 is 5.12. The van der Waals surface area contributed by atoms with Gasteiger partial charge in [-0.2, -0.15) is 5.10 Å². The van der Waals surface area contributed by atoms with Crippen molar-refractivity contribution in [2.75, 3.05) is 5.43 Å². The SMILES string of the molecule is CC(C=Cc1ccco1)=NNc1ccc([N+](=O)[O-])cc1[N+](=O)[O-]. The Bertz CT molecular complexity index is 780. The number of furan rings is 1. The lowest BCUT2D eigenvalue weighted by Gasteiger charge is -2.02. The molecule has 0 atom stereocenters. The van der Waals surface area contributed by atoms with Gasteiger partial charge in [-0.25, -0.2) is 0 Å². The van der Waals surface area contributed by atoms with Gasteiger partial charge in [-0.3, -0.25) is 25.7 Å². The standard InChI is InChI=1S/C14H12N4O5/c1-10(4-6-12-3-2-8-23-12)15-16-13-7-5-11(17(19)20)9-14(13)18(21)22/h2-9,16H,1H3. The predicted octanol–water partition coefficient (Wildman–Crippen LogP) is 3.60. The van der Waals surface area contributed by atoms with Gasteiger partial charge >= 0.3 is 5.69 Å². The molecule has 0 saturated heterocycles. The number of allylic oxidation sites excluding steroid dienone is 1. The topological polar surface area (TPSA) is 124 Å². The molecule has 1 heterocycles. The van der Waals surface area contributed by atoms with Crippen molar-refractivity contribution in [2.24, 2.45) is 5.10 Å². The third kappa shape index (κ3) is 4.24. The van der Waals surface area contributed by atoms with Crippen LogP contribution in [0.4, 0.5) is 17.1 Å². The van der Waals surface area contributed by atoms with Gasteiger partial charge in [0.1, 0.15) is 11.4 Å². The minimum absolute atomic E-state index is 0.0614. The summed E-state index contributed by atoms with van der Waals surface area (Å²) in [7, 11) is 0. The number of nitrogens with one attached hydrogen (secondary N) is 1. The van der Waals surface area contributed by atoms with E-state index in [1.54, 1.807) is 31.2 Å². The van der Waals surface area contributed by atoms with Crippen molar-refractivity contribution in [3.63, 3.8) is 0 Å². The normalized spacial score (nSPS) is 11.6. The zero-order valence-corrected chi connectivity index (χ0v) is 12.0. The molecule has 0 fully saturated rings. The summed E-state index contributed by atoms with van der Waals surface area (Å²) in [4.78, 5) is 20.3. The maximum atomic E-state index is 11.0. The highest BCUT2D eigenvalue weighted by atomic mass is 16.6. The van der Waals surface area contributed by atoms with E-state index in [1.807, 2.05) is 0 Å². The van der Waals surface area contributed by atoms with Gasteiger partial charge in [-0.1, -0.05) is 0 Å². The molecule has 0 aliphatic carbocycles. The number of nitro groups is 2. The molecular formula is C14H12N4O5. The van der Waals surface area contributed by atoms with Crippen LogP contribution in [0.15, 0.2) is 52.2 Å². The minimum atomic E-state index is -0.709. The molecule has 0 amide bonds. The molecular weight excluding hydrogens is 304 g/mol. The Kier molecular flexibility index (Phi) is 4.82. The van der Waals surface area contributed by atoms with Crippen molar-refractivity contribution in [2.45, 2.75) is 6.92 Å². The van der Waals surface area contributed by atoms with Crippen LogP contribution in [-0.2, 0) is 0 Å². The highest BCUT2D eigenvalue weighted by Crippen LogP contribution is 2.28. The zero-order valence-electron chi connectivity index (χ0n) is 12.0. The molecule has 0 radical (unpaired) electrons. The molecule has 1 N–H and O–H groups in total. The quantitative estimate of drug-likeness (QED) is 0.493. The van der Waals surface area contributed by atoms with Gasteiger partial charge in [0.2, 0.25) is 0 Å². The smallest absolute Gasteiger partial charge is 0.301 e. The van der Waals surface area contributed by atoms with E-state index in [-0.39, 0.29) is 11.4 Å². The number of nitrogens with zero attached hydrogens (tertiary/aromatic N) is 3. The molecule has 9 nitrogen and oxygen atoms in total. The number of non-ortho nitro benzene ring substituents is 1. The maximum Gasteiger partial charge on any atom is 0.301 e. The molecule has 2 aromatic rings. The Morgan fingerprint density at radius 1 is 1.26 bits per heavy atom. The Balaban J connectivity index is 2.17. The summed E-state index contributed by atoms with van der Waals surface area (Å²) in [6, 6.07) is 6.79. The van der Waals surface area contributed by atoms with Crippen LogP contribution in [0.2, 0.25) is 0 Å². The fourth-order valence-corrected chi connectivity index (χ4v) is 1.65. The Morgan fingerprint density at radius 3 is 2.65 bits per heavy atom. The number of rotatable bonds is 6. The van der Waals surface area contributed by atoms with Crippen LogP contribution >= 0.6 is 0 Å². The minimum Gasteiger partial charge on any atom is -0.465 e. The van der Waals surface area contributed by atoms with Crippen LogP contribution in [0.1, 0.15) is 12.7 Å². The van der Waals surface area contributed by atoms with Gasteiger partial charge in [0.15, 0.2) is 0 Å². The Morgan fingerprint density at radius 2 is 2.04 bits per heavy atom. The van der Waals surface area contributed by atoms with Gasteiger partial charge < -0.3 is 4.42 Å². The Hall–Kier alpha value is -3.49. The molecule has 2 rings (SSSR count). The van der Waals surface area contributed by atoms with Crippen LogP contribution in [0.3, 0.4) is 0 Å². The third-order valence-electron chi connectivity index (χ3n) is 2.77. The molecule has 1 aromatic carbocycles.